The van der Waals surface area contributed by atoms with Crippen molar-refractivity contribution in [2.45, 2.75) is 26.4 Å². The van der Waals surface area contributed by atoms with E-state index in [1.54, 1.807) is 6.92 Å². The van der Waals surface area contributed by atoms with Crippen LogP contribution in [0.3, 0.4) is 0 Å². The Morgan fingerprint density at radius 2 is 2.00 bits per heavy atom. The lowest BCUT2D eigenvalue weighted by Gasteiger charge is -2.03. The SMILES string of the molecule is CCOC(=O)Cn1nnnc1CCn1nnc(-c2ccccc2)n1. The molecule has 10 heteroatoms. The van der Waals surface area contributed by atoms with Gasteiger partial charge in [0.15, 0.2) is 5.82 Å². The first kappa shape index (κ1) is 15.7. The van der Waals surface area contributed by atoms with Crippen LogP contribution in [-0.2, 0) is 29.0 Å². The van der Waals surface area contributed by atoms with Crippen LogP contribution in [0.2, 0.25) is 0 Å². The Morgan fingerprint density at radius 1 is 1.17 bits per heavy atom. The number of hydrogen-bond acceptors (Lipinski definition) is 8. The summed E-state index contributed by atoms with van der Waals surface area (Å²) in [6.07, 6.45) is 0.469. The number of tetrazole rings is 2. The molecular formula is C14H16N8O2. The zero-order valence-electron chi connectivity index (χ0n) is 13.1. The summed E-state index contributed by atoms with van der Waals surface area (Å²) in [4.78, 5) is 13.0. The average molecular weight is 328 g/mol. The van der Waals surface area contributed by atoms with E-state index in [0.29, 0.717) is 31.2 Å². The first-order valence-electron chi connectivity index (χ1n) is 7.50. The zero-order valence-corrected chi connectivity index (χ0v) is 13.1. The quantitative estimate of drug-likeness (QED) is 0.562. The molecule has 2 heterocycles. The monoisotopic (exact) mass is 328 g/mol. The maximum Gasteiger partial charge on any atom is 0.327 e. The Kier molecular flexibility index (Phi) is 4.84. The summed E-state index contributed by atoms with van der Waals surface area (Å²) < 4.78 is 6.30. The highest BCUT2D eigenvalue weighted by Gasteiger charge is 2.12. The first-order valence-corrected chi connectivity index (χ1v) is 7.50. The molecule has 0 aliphatic heterocycles. The predicted molar refractivity (Wildman–Crippen MR) is 81.4 cm³/mol. The molecule has 0 saturated carbocycles. The lowest BCUT2D eigenvalue weighted by Crippen LogP contribution is -2.18. The Labute approximate surface area is 137 Å². The Hall–Kier alpha value is -3.17. The zero-order chi connectivity index (χ0) is 16.8. The van der Waals surface area contributed by atoms with Crippen molar-refractivity contribution in [3.8, 4) is 11.4 Å². The van der Waals surface area contributed by atoms with Crippen LogP contribution >= 0.6 is 0 Å². The number of hydrogen-bond donors (Lipinski definition) is 0. The van der Waals surface area contributed by atoms with Crippen molar-refractivity contribution < 1.29 is 9.53 Å². The number of carbonyl (C=O) groups excluding carboxylic acids is 1. The molecule has 3 rings (SSSR count). The molecule has 0 aliphatic rings. The summed E-state index contributed by atoms with van der Waals surface area (Å²) in [6, 6.07) is 9.60. The van der Waals surface area contributed by atoms with E-state index in [0.717, 1.165) is 5.56 Å². The molecule has 0 atom stereocenters. The van der Waals surface area contributed by atoms with Crippen LogP contribution in [-0.4, -0.2) is 53.0 Å². The lowest BCUT2D eigenvalue weighted by atomic mass is 10.2. The van der Waals surface area contributed by atoms with Gasteiger partial charge in [-0.05, 0) is 22.6 Å². The molecule has 0 bridgehead atoms. The molecule has 1 aromatic carbocycles. The van der Waals surface area contributed by atoms with Crippen molar-refractivity contribution in [1.82, 2.24) is 40.4 Å². The number of aromatic nitrogens is 8. The predicted octanol–water partition coefficient (Wildman–Crippen LogP) is 0.132. The minimum atomic E-state index is -0.378. The van der Waals surface area contributed by atoms with Gasteiger partial charge in [0.1, 0.15) is 6.54 Å². The molecule has 0 unspecified atom stereocenters. The second-order valence-corrected chi connectivity index (χ2v) is 4.88. The van der Waals surface area contributed by atoms with Gasteiger partial charge in [0.2, 0.25) is 5.82 Å². The largest absolute Gasteiger partial charge is 0.465 e. The van der Waals surface area contributed by atoms with Crippen molar-refractivity contribution in [3.05, 3.63) is 36.2 Å². The molecule has 0 saturated heterocycles. The molecular weight excluding hydrogens is 312 g/mol. The standard InChI is InChI=1S/C14H16N8O2/c1-2-24-13(23)10-21-12(15-18-20-21)8-9-22-17-14(16-19-22)11-6-4-3-5-7-11/h3-7H,2,8-10H2,1H3. The van der Waals surface area contributed by atoms with E-state index in [1.165, 1.54) is 9.48 Å². The number of esters is 1. The fraction of sp³-hybridized carbons (Fsp3) is 0.357. The van der Waals surface area contributed by atoms with Gasteiger partial charge in [0, 0.05) is 12.0 Å². The fourth-order valence-corrected chi connectivity index (χ4v) is 2.09. The number of rotatable bonds is 7. The first-order chi connectivity index (χ1) is 11.8. The molecule has 0 radical (unpaired) electrons. The van der Waals surface area contributed by atoms with Crippen molar-refractivity contribution >= 4 is 5.97 Å². The summed E-state index contributed by atoms with van der Waals surface area (Å²) >= 11 is 0. The number of nitrogens with zero attached hydrogens (tertiary/aromatic N) is 8. The number of benzene rings is 1. The van der Waals surface area contributed by atoms with E-state index in [-0.39, 0.29) is 12.5 Å². The fourth-order valence-electron chi connectivity index (χ4n) is 2.09. The topological polar surface area (TPSA) is 114 Å². The normalized spacial score (nSPS) is 10.7. The van der Waals surface area contributed by atoms with Gasteiger partial charge in [-0.15, -0.1) is 15.3 Å². The molecule has 24 heavy (non-hydrogen) atoms. The summed E-state index contributed by atoms with van der Waals surface area (Å²) in [5, 5.41) is 23.7. The highest BCUT2D eigenvalue weighted by molar-refractivity contribution is 5.69. The summed E-state index contributed by atoms with van der Waals surface area (Å²) in [5.74, 6) is 0.736. The maximum atomic E-state index is 11.5. The second kappa shape index (κ2) is 7.40. The van der Waals surface area contributed by atoms with E-state index in [2.05, 4.69) is 30.9 Å². The molecule has 0 aliphatic carbocycles. The number of ether oxygens (including phenoxy) is 1. The van der Waals surface area contributed by atoms with E-state index >= 15 is 0 Å². The highest BCUT2D eigenvalue weighted by atomic mass is 16.5. The van der Waals surface area contributed by atoms with Crippen molar-refractivity contribution in [3.63, 3.8) is 0 Å². The van der Waals surface area contributed by atoms with Crippen molar-refractivity contribution in [2.75, 3.05) is 6.61 Å². The molecule has 2 aromatic heterocycles. The van der Waals surface area contributed by atoms with Gasteiger partial charge in [-0.3, -0.25) is 4.79 Å². The van der Waals surface area contributed by atoms with Crippen LogP contribution in [0, 0.1) is 0 Å². The van der Waals surface area contributed by atoms with E-state index in [9.17, 15) is 4.79 Å². The van der Waals surface area contributed by atoms with Crippen LogP contribution < -0.4 is 0 Å². The van der Waals surface area contributed by atoms with Crippen LogP contribution in [0.25, 0.3) is 11.4 Å². The third kappa shape index (κ3) is 3.77. The van der Waals surface area contributed by atoms with Crippen LogP contribution in [0.1, 0.15) is 12.7 Å². The summed E-state index contributed by atoms with van der Waals surface area (Å²) in [5.41, 5.74) is 0.899. The Balaban J connectivity index is 1.62. The molecule has 10 nitrogen and oxygen atoms in total. The van der Waals surface area contributed by atoms with E-state index in [4.69, 9.17) is 4.74 Å². The number of carbonyl (C=O) groups is 1. The molecule has 0 N–H and O–H groups in total. The van der Waals surface area contributed by atoms with Gasteiger partial charge in [0.05, 0.1) is 13.2 Å². The van der Waals surface area contributed by atoms with Gasteiger partial charge in [-0.2, -0.15) is 4.80 Å². The van der Waals surface area contributed by atoms with Gasteiger partial charge < -0.3 is 4.74 Å². The van der Waals surface area contributed by atoms with Gasteiger partial charge in [0.25, 0.3) is 0 Å². The smallest absolute Gasteiger partial charge is 0.327 e. The third-order valence-corrected chi connectivity index (χ3v) is 3.21. The maximum absolute atomic E-state index is 11.5. The molecule has 0 amide bonds. The van der Waals surface area contributed by atoms with E-state index < -0.39 is 0 Å². The summed E-state index contributed by atoms with van der Waals surface area (Å²) in [7, 11) is 0. The van der Waals surface area contributed by atoms with Crippen LogP contribution in [0.15, 0.2) is 30.3 Å². The molecule has 0 fully saturated rings. The van der Waals surface area contributed by atoms with Crippen molar-refractivity contribution in [2.24, 2.45) is 0 Å². The molecule has 0 spiro atoms. The third-order valence-electron chi connectivity index (χ3n) is 3.21. The average Bonchev–Trinajstić information content (AvgIpc) is 3.23. The van der Waals surface area contributed by atoms with Gasteiger partial charge in [-0.25, -0.2) is 4.68 Å². The lowest BCUT2D eigenvalue weighted by molar-refractivity contribution is -0.144. The summed E-state index contributed by atoms with van der Waals surface area (Å²) in [6.45, 7) is 2.50. The second-order valence-electron chi connectivity index (χ2n) is 4.88. The van der Waals surface area contributed by atoms with Crippen LogP contribution in [0.5, 0.6) is 0 Å². The van der Waals surface area contributed by atoms with Gasteiger partial charge >= 0.3 is 5.97 Å². The highest BCUT2D eigenvalue weighted by Crippen LogP contribution is 2.11. The molecule has 124 valence electrons. The van der Waals surface area contributed by atoms with Gasteiger partial charge in [-0.1, -0.05) is 30.3 Å². The van der Waals surface area contributed by atoms with Crippen molar-refractivity contribution in [1.29, 1.82) is 0 Å². The molecule has 3 aromatic rings. The minimum absolute atomic E-state index is 0.0176. The number of aryl methyl sites for hydroxylation is 2. The minimum Gasteiger partial charge on any atom is -0.465 e. The Bertz CT molecular complexity index is 798. The Morgan fingerprint density at radius 3 is 2.79 bits per heavy atom. The van der Waals surface area contributed by atoms with E-state index in [1.807, 2.05) is 30.3 Å². The van der Waals surface area contributed by atoms with Crippen LogP contribution in [0.4, 0.5) is 0 Å².